The molecule has 0 fully saturated rings. The zero-order valence-electron chi connectivity index (χ0n) is 12.2. The molecule has 0 saturated heterocycles. The summed E-state index contributed by atoms with van der Waals surface area (Å²) in [5.74, 6) is 0.961. The summed E-state index contributed by atoms with van der Waals surface area (Å²) in [6.07, 6.45) is -0.546. The molecule has 0 bridgehead atoms. The Morgan fingerprint density at radius 1 is 1.30 bits per heavy atom. The van der Waals surface area contributed by atoms with Crippen LogP contribution in [0.5, 0.6) is 11.5 Å². The van der Waals surface area contributed by atoms with E-state index >= 15 is 0 Å². The first-order valence-electron chi connectivity index (χ1n) is 6.27. The fourth-order valence-corrected chi connectivity index (χ4v) is 1.44. The number of ether oxygens (including phenoxy) is 3. The Kier molecular flexibility index (Phi) is 5.64. The molecule has 20 heavy (non-hydrogen) atoms. The summed E-state index contributed by atoms with van der Waals surface area (Å²) in [5, 5.41) is 11.4. The number of hydrogen-bond donors (Lipinski definition) is 2. The first-order chi connectivity index (χ1) is 9.35. The minimum Gasteiger partial charge on any atom is -0.493 e. The Balaban J connectivity index is 2.78. The zero-order chi connectivity index (χ0) is 15.2. The van der Waals surface area contributed by atoms with Gasteiger partial charge in [0.15, 0.2) is 11.5 Å². The summed E-state index contributed by atoms with van der Waals surface area (Å²) in [4.78, 5) is 11.7. The van der Waals surface area contributed by atoms with Gasteiger partial charge in [-0.3, -0.25) is 5.32 Å². The van der Waals surface area contributed by atoms with E-state index in [4.69, 9.17) is 19.3 Å². The van der Waals surface area contributed by atoms with E-state index in [0.29, 0.717) is 17.2 Å². The minimum atomic E-state index is -0.563. The third kappa shape index (κ3) is 5.36. The van der Waals surface area contributed by atoms with Crippen LogP contribution in [-0.2, 0) is 4.74 Å². The quantitative estimate of drug-likeness (QED) is 0.867. The SMILES string of the molecule is COc1ccc(NC(=O)OC(C)(C)C)cc1OCCO. The fourth-order valence-electron chi connectivity index (χ4n) is 1.44. The molecule has 1 rings (SSSR count). The van der Waals surface area contributed by atoms with E-state index < -0.39 is 11.7 Å². The second-order valence-corrected chi connectivity index (χ2v) is 5.06. The molecule has 0 aliphatic heterocycles. The molecule has 0 spiro atoms. The summed E-state index contributed by atoms with van der Waals surface area (Å²) >= 11 is 0. The summed E-state index contributed by atoms with van der Waals surface area (Å²) < 4.78 is 15.6. The molecule has 0 heterocycles. The summed E-state index contributed by atoms with van der Waals surface area (Å²) in [5.41, 5.74) is -0.0414. The second-order valence-electron chi connectivity index (χ2n) is 5.06. The van der Waals surface area contributed by atoms with Crippen LogP contribution < -0.4 is 14.8 Å². The molecular formula is C14H21NO5. The van der Waals surface area contributed by atoms with Crippen molar-refractivity contribution in [2.75, 3.05) is 25.6 Å². The lowest BCUT2D eigenvalue weighted by molar-refractivity contribution is 0.0636. The van der Waals surface area contributed by atoms with Gasteiger partial charge < -0.3 is 19.3 Å². The Labute approximate surface area is 118 Å². The van der Waals surface area contributed by atoms with Crippen LogP contribution in [0, 0.1) is 0 Å². The number of carbonyl (C=O) groups excluding carboxylic acids is 1. The maximum absolute atomic E-state index is 11.7. The van der Waals surface area contributed by atoms with Crippen LogP contribution in [-0.4, -0.2) is 37.1 Å². The molecule has 0 atom stereocenters. The smallest absolute Gasteiger partial charge is 0.412 e. The minimum absolute atomic E-state index is 0.104. The van der Waals surface area contributed by atoms with Gasteiger partial charge in [-0.2, -0.15) is 0 Å². The molecule has 6 nitrogen and oxygen atoms in total. The van der Waals surface area contributed by atoms with Crippen LogP contribution >= 0.6 is 0 Å². The number of aliphatic hydroxyl groups is 1. The predicted octanol–water partition coefficient (Wildman–Crippen LogP) is 2.41. The molecule has 1 aromatic rings. The van der Waals surface area contributed by atoms with Crippen molar-refractivity contribution in [3.8, 4) is 11.5 Å². The van der Waals surface area contributed by atoms with Gasteiger partial charge in [-0.05, 0) is 32.9 Å². The Morgan fingerprint density at radius 3 is 2.55 bits per heavy atom. The van der Waals surface area contributed by atoms with Gasteiger partial charge in [0.25, 0.3) is 0 Å². The molecular weight excluding hydrogens is 262 g/mol. The molecule has 0 aliphatic carbocycles. The molecule has 0 radical (unpaired) electrons. The lowest BCUT2D eigenvalue weighted by Gasteiger charge is -2.20. The number of hydrogen-bond acceptors (Lipinski definition) is 5. The van der Waals surface area contributed by atoms with Gasteiger partial charge in [0.2, 0.25) is 0 Å². The summed E-state index contributed by atoms with van der Waals surface area (Å²) in [6, 6.07) is 4.95. The van der Waals surface area contributed by atoms with Crippen molar-refractivity contribution < 1.29 is 24.1 Å². The van der Waals surface area contributed by atoms with Gasteiger partial charge in [0.05, 0.1) is 13.7 Å². The topological polar surface area (TPSA) is 77.0 Å². The molecule has 1 aromatic carbocycles. The van der Waals surface area contributed by atoms with Gasteiger partial charge in [-0.15, -0.1) is 0 Å². The van der Waals surface area contributed by atoms with Crippen LogP contribution in [0.15, 0.2) is 18.2 Å². The predicted molar refractivity (Wildman–Crippen MR) is 75.4 cm³/mol. The van der Waals surface area contributed by atoms with E-state index in [-0.39, 0.29) is 13.2 Å². The van der Waals surface area contributed by atoms with Crippen molar-refractivity contribution in [3.05, 3.63) is 18.2 Å². The van der Waals surface area contributed by atoms with Crippen molar-refractivity contribution in [1.29, 1.82) is 0 Å². The average molecular weight is 283 g/mol. The fraction of sp³-hybridized carbons (Fsp3) is 0.500. The number of nitrogens with one attached hydrogen (secondary N) is 1. The van der Waals surface area contributed by atoms with Crippen molar-refractivity contribution in [2.45, 2.75) is 26.4 Å². The molecule has 0 aliphatic rings. The molecule has 0 unspecified atom stereocenters. The Bertz CT molecular complexity index is 453. The third-order valence-corrected chi connectivity index (χ3v) is 2.16. The summed E-state index contributed by atoms with van der Waals surface area (Å²) in [7, 11) is 1.52. The summed E-state index contributed by atoms with van der Waals surface area (Å²) in [6.45, 7) is 5.41. The molecule has 2 N–H and O–H groups in total. The lowest BCUT2D eigenvalue weighted by Crippen LogP contribution is -2.27. The molecule has 0 aromatic heterocycles. The Hall–Kier alpha value is -1.95. The number of rotatable bonds is 5. The van der Waals surface area contributed by atoms with Crippen molar-refractivity contribution in [3.63, 3.8) is 0 Å². The van der Waals surface area contributed by atoms with Crippen molar-refractivity contribution in [1.82, 2.24) is 0 Å². The highest BCUT2D eigenvalue weighted by Crippen LogP contribution is 2.30. The highest BCUT2D eigenvalue weighted by molar-refractivity contribution is 5.85. The molecule has 112 valence electrons. The van der Waals surface area contributed by atoms with Crippen molar-refractivity contribution >= 4 is 11.8 Å². The number of anilines is 1. The van der Waals surface area contributed by atoms with E-state index in [9.17, 15) is 4.79 Å². The van der Waals surface area contributed by atoms with E-state index in [1.165, 1.54) is 7.11 Å². The molecule has 6 heteroatoms. The number of benzene rings is 1. The van der Waals surface area contributed by atoms with E-state index in [1.54, 1.807) is 39.0 Å². The first kappa shape index (κ1) is 16.1. The van der Waals surface area contributed by atoms with Crippen LogP contribution in [0.1, 0.15) is 20.8 Å². The van der Waals surface area contributed by atoms with E-state index in [1.807, 2.05) is 0 Å². The largest absolute Gasteiger partial charge is 0.493 e. The monoisotopic (exact) mass is 283 g/mol. The van der Waals surface area contributed by atoms with Crippen LogP contribution in [0.2, 0.25) is 0 Å². The lowest BCUT2D eigenvalue weighted by atomic mass is 10.2. The highest BCUT2D eigenvalue weighted by atomic mass is 16.6. The van der Waals surface area contributed by atoms with Crippen LogP contribution in [0.4, 0.5) is 10.5 Å². The standard InChI is InChI=1S/C14H21NO5/c1-14(2,3)20-13(17)15-10-5-6-11(18-4)12(9-10)19-8-7-16/h5-6,9,16H,7-8H2,1-4H3,(H,15,17). The number of amides is 1. The maximum atomic E-state index is 11.7. The number of methoxy groups -OCH3 is 1. The molecule has 1 amide bonds. The zero-order valence-corrected chi connectivity index (χ0v) is 12.2. The number of aliphatic hydroxyl groups excluding tert-OH is 1. The maximum Gasteiger partial charge on any atom is 0.412 e. The average Bonchev–Trinajstić information content (AvgIpc) is 2.34. The normalized spacial score (nSPS) is 10.8. The first-order valence-corrected chi connectivity index (χ1v) is 6.27. The number of carbonyl (C=O) groups is 1. The molecule has 0 saturated carbocycles. The van der Waals surface area contributed by atoms with E-state index in [0.717, 1.165) is 0 Å². The van der Waals surface area contributed by atoms with Gasteiger partial charge in [0.1, 0.15) is 12.2 Å². The third-order valence-electron chi connectivity index (χ3n) is 2.16. The van der Waals surface area contributed by atoms with E-state index in [2.05, 4.69) is 5.32 Å². The van der Waals surface area contributed by atoms with Crippen molar-refractivity contribution in [2.24, 2.45) is 0 Å². The van der Waals surface area contributed by atoms with Crippen LogP contribution in [0.3, 0.4) is 0 Å². The van der Waals surface area contributed by atoms with Gasteiger partial charge in [-0.1, -0.05) is 0 Å². The van der Waals surface area contributed by atoms with Gasteiger partial charge in [-0.25, -0.2) is 4.79 Å². The van der Waals surface area contributed by atoms with Crippen LogP contribution in [0.25, 0.3) is 0 Å². The second kappa shape index (κ2) is 7.00. The Morgan fingerprint density at radius 2 is 2.00 bits per heavy atom. The highest BCUT2D eigenvalue weighted by Gasteiger charge is 2.16. The van der Waals surface area contributed by atoms with Gasteiger partial charge >= 0.3 is 6.09 Å². The van der Waals surface area contributed by atoms with Gasteiger partial charge in [0, 0.05) is 11.8 Å².